The number of nitrogens with two attached hydrogens (primary N) is 1. The quantitative estimate of drug-likeness (QED) is 0.612. The van der Waals surface area contributed by atoms with E-state index in [1.54, 1.807) is 11.3 Å². The van der Waals surface area contributed by atoms with Gasteiger partial charge in [-0.25, -0.2) is 4.99 Å². The molecule has 0 aromatic carbocycles. The van der Waals surface area contributed by atoms with E-state index in [1.807, 2.05) is 0 Å². The van der Waals surface area contributed by atoms with Gasteiger partial charge < -0.3 is 11.1 Å². The van der Waals surface area contributed by atoms with Gasteiger partial charge in [-0.3, -0.25) is 0 Å². The molecule has 88 valence electrons. The fourth-order valence-corrected chi connectivity index (χ4v) is 1.97. The summed E-state index contributed by atoms with van der Waals surface area (Å²) in [5.41, 5.74) is 5.72. The summed E-state index contributed by atoms with van der Waals surface area (Å²) in [6.07, 6.45) is 2.40. The SMILES string of the molecule is CC(C)c1nnc(CN=C(N)NC2CC2)s1. The van der Waals surface area contributed by atoms with Gasteiger partial charge in [0.2, 0.25) is 0 Å². The largest absolute Gasteiger partial charge is 0.370 e. The minimum atomic E-state index is 0.428. The highest BCUT2D eigenvalue weighted by Gasteiger charge is 2.21. The highest BCUT2D eigenvalue weighted by molar-refractivity contribution is 7.11. The van der Waals surface area contributed by atoms with E-state index < -0.39 is 0 Å². The van der Waals surface area contributed by atoms with Gasteiger partial charge in [-0.2, -0.15) is 0 Å². The average Bonchev–Trinajstić information content (AvgIpc) is 2.91. The highest BCUT2D eigenvalue weighted by atomic mass is 32.1. The zero-order valence-electron chi connectivity index (χ0n) is 9.60. The Labute approximate surface area is 99.2 Å². The molecule has 5 nitrogen and oxygen atoms in total. The van der Waals surface area contributed by atoms with E-state index in [0.717, 1.165) is 10.0 Å². The summed E-state index contributed by atoms with van der Waals surface area (Å²) in [5, 5.41) is 13.3. The summed E-state index contributed by atoms with van der Waals surface area (Å²) in [4.78, 5) is 4.24. The number of nitrogens with one attached hydrogen (secondary N) is 1. The summed E-state index contributed by atoms with van der Waals surface area (Å²) >= 11 is 1.60. The van der Waals surface area contributed by atoms with Gasteiger partial charge in [-0.1, -0.05) is 25.2 Å². The molecule has 1 fully saturated rings. The summed E-state index contributed by atoms with van der Waals surface area (Å²) in [6.45, 7) is 4.74. The summed E-state index contributed by atoms with van der Waals surface area (Å²) < 4.78 is 0. The molecular weight excluding hydrogens is 222 g/mol. The van der Waals surface area contributed by atoms with Crippen LogP contribution in [0.25, 0.3) is 0 Å². The number of guanidine groups is 1. The third-order valence-corrected chi connectivity index (χ3v) is 3.50. The fourth-order valence-electron chi connectivity index (χ4n) is 1.20. The van der Waals surface area contributed by atoms with Gasteiger partial charge in [0.25, 0.3) is 0 Å². The van der Waals surface area contributed by atoms with Crippen molar-refractivity contribution in [2.75, 3.05) is 0 Å². The summed E-state index contributed by atoms with van der Waals surface area (Å²) in [5.74, 6) is 0.945. The van der Waals surface area contributed by atoms with Gasteiger partial charge >= 0.3 is 0 Å². The first-order valence-corrected chi connectivity index (χ1v) is 6.35. The van der Waals surface area contributed by atoms with E-state index in [-0.39, 0.29) is 0 Å². The molecule has 1 aliphatic carbocycles. The predicted molar refractivity (Wildman–Crippen MR) is 65.5 cm³/mol. The average molecular weight is 239 g/mol. The van der Waals surface area contributed by atoms with Crippen LogP contribution in [0.5, 0.6) is 0 Å². The number of aliphatic imine (C=N–C) groups is 1. The van der Waals surface area contributed by atoms with Crippen LogP contribution in [0.4, 0.5) is 0 Å². The third-order valence-electron chi connectivity index (χ3n) is 2.29. The number of nitrogens with zero attached hydrogens (tertiary/aromatic N) is 3. The monoisotopic (exact) mass is 239 g/mol. The molecule has 0 radical (unpaired) electrons. The molecule has 1 heterocycles. The number of hydrogen-bond acceptors (Lipinski definition) is 4. The Morgan fingerprint density at radius 3 is 2.88 bits per heavy atom. The second kappa shape index (κ2) is 4.78. The van der Waals surface area contributed by atoms with Crippen molar-refractivity contribution in [2.45, 2.75) is 45.2 Å². The van der Waals surface area contributed by atoms with Crippen LogP contribution in [0, 0.1) is 0 Å². The molecule has 2 rings (SSSR count). The van der Waals surface area contributed by atoms with Crippen LogP contribution in [-0.2, 0) is 6.54 Å². The number of hydrogen-bond donors (Lipinski definition) is 2. The second-order valence-corrected chi connectivity index (χ2v) is 5.40. The van der Waals surface area contributed by atoms with Crippen molar-refractivity contribution in [2.24, 2.45) is 10.7 Å². The van der Waals surface area contributed by atoms with Crippen molar-refractivity contribution in [1.82, 2.24) is 15.5 Å². The minimum absolute atomic E-state index is 0.428. The van der Waals surface area contributed by atoms with E-state index in [9.17, 15) is 0 Å². The molecule has 1 aromatic heterocycles. The lowest BCUT2D eigenvalue weighted by Gasteiger charge is -2.01. The van der Waals surface area contributed by atoms with Gasteiger partial charge in [0, 0.05) is 12.0 Å². The Hall–Kier alpha value is -1.17. The molecule has 0 aliphatic heterocycles. The molecular formula is C10H17N5S. The van der Waals surface area contributed by atoms with Crippen LogP contribution in [0.15, 0.2) is 4.99 Å². The smallest absolute Gasteiger partial charge is 0.189 e. The van der Waals surface area contributed by atoms with Crippen molar-refractivity contribution in [3.8, 4) is 0 Å². The van der Waals surface area contributed by atoms with Crippen molar-refractivity contribution in [3.05, 3.63) is 10.0 Å². The normalized spacial score (nSPS) is 16.8. The Morgan fingerprint density at radius 2 is 2.31 bits per heavy atom. The van der Waals surface area contributed by atoms with E-state index in [0.29, 0.717) is 24.5 Å². The molecule has 6 heteroatoms. The topological polar surface area (TPSA) is 76.2 Å². The minimum Gasteiger partial charge on any atom is -0.370 e. The molecule has 0 bridgehead atoms. The van der Waals surface area contributed by atoms with Gasteiger partial charge in [-0.15, -0.1) is 10.2 Å². The number of aromatic nitrogens is 2. The Morgan fingerprint density at radius 1 is 1.56 bits per heavy atom. The zero-order chi connectivity index (χ0) is 11.5. The van der Waals surface area contributed by atoms with Crippen LogP contribution < -0.4 is 11.1 Å². The van der Waals surface area contributed by atoms with Gasteiger partial charge in [0.1, 0.15) is 10.0 Å². The summed E-state index contributed by atoms with van der Waals surface area (Å²) in [6, 6.07) is 0.546. The first-order valence-electron chi connectivity index (χ1n) is 5.54. The van der Waals surface area contributed by atoms with Crippen LogP contribution in [-0.4, -0.2) is 22.2 Å². The highest BCUT2D eigenvalue weighted by Crippen LogP contribution is 2.20. The van der Waals surface area contributed by atoms with E-state index >= 15 is 0 Å². The van der Waals surface area contributed by atoms with Gasteiger partial charge in [-0.05, 0) is 12.8 Å². The lowest BCUT2D eigenvalue weighted by atomic mass is 10.2. The molecule has 1 saturated carbocycles. The van der Waals surface area contributed by atoms with Crippen LogP contribution >= 0.6 is 11.3 Å². The van der Waals surface area contributed by atoms with E-state index in [2.05, 4.69) is 34.4 Å². The first-order chi connectivity index (χ1) is 7.65. The van der Waals surface area contributed by atoms with E-state index in [1.165, 1.54) is 12.8 Å². The van der Waals surface area contributed by atoms with E-state index in [4.69, 9.17) is 5.73 Å². The molecule has 1 aliphatic rings. The molecule has 0 atom stereocenters. The Balaban J connectivity index is 1.87. The molecule has 0 spiro atoms. The lowest BCUT2D eigenvalue weighted by Crippen LogP contribution is -2.33. The lowest BCUT2D eigenvalue weighted by molar-refractivity contribution is 0.814. The van der Waals surface area contributed by atoms with Crippen molar-refractivity contribution >= 4 is 17.3 Å². The predicted octanol–water partition coefficient (Wildman–Crippen LogP) is 1.23. The maximum atomic E-state index is 5.72. The standard InChI is InChI=1S/C10H17N5S/c1-6(2)9-15-14-8(16-9)5-12-10(11)13-7-3-4-7/h6-7H,3-5H2,1-2H3,(H3,11,12,13). The Bertz CT molecular complexity index is 380. The Kier molecular flexibility index (Phi) is 3.38. The fraction of sp³-hybridized carbons (Fsp3) is 0.700. The number of rotatable bonds is 4. The van der Waals surface area contributed by atoms with Crippen LogP contribution in [0.3, 0.4) is 0 Å². The van der Waals surface area contributed by atoms with Gasteiger partial charge in [0.15, 0.2) is 5.96 Å². The molecule has 1 aromatic rings. The molecule has 16 heavy (non-hydrogen) atoms. The molecule has 0 unspecified atom stereocenters. The summed E-state index contributed by atoms with van der Waals surface area (Å²) in [7, 11) is 0. The molecule has 0 amide bonds. The van der Waals surface area contributed by atoms with Gasteiger partial charge in [0.05, 0.1) is 6.54 Å². The molecule has 0 saturated heterocycles. The maximum absolute atomic E-state index is 5.72. The molecule has 3 N–H and O–H groups in total. The zero-order valence-corrected chi connectivity index (χ0v) is 10.4. The second-order valence-electron chi connectivity index (χ2n) is 4.31. The van der Waals surface area contributed by atoms with Crippen molar-refractivity contribution in [1.29, 1.82) is 0 Å². The first kappa shape index (κ1) is 11.3. The third kappa shape index (κ3) is 3.16. The van der Waals surface area contributed by atoms with Crippen molar-refractivity contribution < 1.29 is 0 Å². The van der Waals surface area contributed by atoms with Crippen molar-refractivity contribution in [3.63, 3.8) is 0 Å². The van der Waals surface area contributed by atoms with Crippen LogP contribution in [0.1, 0.15) is 42.6 Å². The maximum Gasteiger partial charge on any atom is 0.189 e. The van der Waals surface area contributed by atoms with Crippen LogP contribution in [0.2, 0.25) is 0 Å².